The molecule has 0 saturated carbocycles. The van der Waals surface area contributed by atoms with Gasteiger partial charge >= 0.3 is 6.03 Å². The molecule has 5 rings (SSSR count). The van der Waals surface area contributed by atoms with Crippen molar-refractivity contribution in [1.29, 1.82) is 0 Å². The summed E-state index contributed by atoms with van der Waals surface area (Å²) in [6.45, 7) is 2.24. The molecule has 0 spiro atoms. The van der Waals surface area contributed by atoms with Crippen molar-refractivity contribution in [3.05, 3.63) is 72.3 Å². The Morgan fingerprint density at radius 3 is 2.66 bits per heavy atom. The van der Waals surface area contributed by atoms with Crippen LogP contribution in [0.2, 0.25) is 0 Å². The molecule has 2 heterocycles. The number of nitrogens with one attached hydrogen (secondary N) is 2. The molecule has 9 heteroatoms. The van der Waals surface area contributed by atoms with Gasteiger partial charge in [-0.2, -0.15) is 0 Å². The molecule has 1 aliphatic rings. The van der Waals surface area contributed by atoms with Crippen LogP contribution in [0.4, 0.5) is 27.7 Å². The van der Waals surface area contributed by atoms with Gasteiger partial charge in [0.25, 0.3) is 0 Å². The first-order valence-corrected chi connectivity index (χ1v) is 11.3. The highest BCUT2D eigenvalue weighted by Crippen LogP contribution is 2.29. The Morgan fingerprint density at radius 1 is 1.00 bits per heavy atom. The maximum atomic E-state index is 12.6. The lowest BCUT2D eigenvalue weighted by molar-refractivity contribution is -0.104. The zero-order chi connectivity index (χ0) is 24.2. The van der Waals surface area contributed by atoms with Crippen molar-refractivity contribution >= 4 is 46.0 Å². The largest absolute Gasteiger partial charge is 0.398 e. The number of para-hydroxylation sites is 1. The standard InChI is InChI=1S/C26H25N7O2/c27-16-18-15-20(8-9-22(18)28)29-25-21-6-1-2-7-23(21)31-24(32-25)17-4-3-5-19(14-17)30-26(34)33-10-12-35-13-11-33/h1-9,14-16,27H,10-13,28H2,(H,30,34)(H,29,31,32)/p+1. The topological polar surface area (TPSA) is 131 Å². The average Bonchev–Trinajstić information content (AvgIpc) is 2.90. The number of fused-ring (bicyclic) bond motifs is 1. The third-order valence-corrected chi connectivity index (χ3v) is 5.80. The van der Waals surface area contributed by atoms with Gasteiger partial charge in [-0.1, -0.05) is 24.3 Å². The molecule has 0 atom stereocenters. The Hall–Kier alpha value is -4.50. The lowest BCUT2D eigenvalue weighted by Gasteiger charge is -2.27. The van der Waals surface area contributed by atoms with Crippen molar-refractivity contribution in [2.24, 2.45) is 0 Å². The number of rotatable bonds is 5. The molecular weight excluding hydrogens is 442 g/mol. The van der Waals surface area contributed by atoms with E-state index in [1.807, 2.05) is 60.7 Å². The minimum atomic E-state index is -0.150. The van der Waals surface area contributed by atoms with Gasteiger partial charge in [0.15, 0.2) is 12.0 Å². The van der Waals surface area contributed by atoms with Crippen molar-refractivity contribution in [3.63, 3.8) is 0 Å². The van der Waals surface area contributed by atoms with Crippen LogP contribution in [0, 0.1) is 0 Å². The van der Waals surface area contributed by atoms with Gasteiger partial charge < -0.3 is 26.0 Å². The van der Waals surface area contributed by atoms with Crippen LogP contribution in [0.1, 0.15) is 5.56 Å². The van der Waals surface area contributed by atoms with Crippen LogP contribution in [0.15, 0.2) is 66.7 Å². The van der Waals surface area contributed by atoms with E-state index in [0.29, 0.717) is 49.3 Å². The smallest absolute Gasteiger partial charge is 0.321 e. The summed E-state index contributed by atoms with van der Waals surface area (Å²) in [6, 6.07) is 20.7. The lowest BCUT2D eigenvalue weighted by Crippen LogP contribution is -2.43. The molecule has 0 bridgehead atoms. The fourth-order valence-electron chi connectivity index (χ4n) is 3.94. The summed E-state index contributed by atoms with van der Waals surface area (Å²) in [5.41, 5.74) is 10.4. The minimum absolute atomic E-state index is 0.150. The van der Waals surface area contributed by atoms with E-state index in [9.17, 15) is 4.79 Å². The van der Waals surface area contributed by atoms with E-state index in [4.69, 9.17) is 25.8 Å². The third kappa shape index (κ3) is 4.90. The second-order valence-corrected chi connectivity index (χ2v) is 8.16. The summed E-state index contributed by atoms with van der Waals surface area (Å²) in [4.78, 5) is 24.0. The first-order chi connectivity index (χ1) is 17.1. The van der Waals surface area contributed by atoms with E-state index >= 15 is 0 Å². The zero-order valence-electron chi connectivity index (χ0n) is 19.1. The summed E-state index contributed by atoms with van der Waals surface area (Å²) in [5.74, 6) is 1.19. The zero-order valence-corrected chi connectivity index (χ0v) is 19.1. The number of morpholine rings is 1. The molecule has 0 radical (unpaired) electrons. The number of carbonyl (C=O) groups is 1. The molecule has 0 aliphatic carbocycles. The third-order valence-electron chi connectivity index (χ3n) is 5.80. The highest BCUT2D eigenvalue weighted by molar-refractivity contribution is 5.94. The summed E-state index contributed by atoms with van der Waals surface area (Å²) in [5, 5.41) is 12.9. The van der Waals surface area contributed by atoms with Gasteiger partial charge in [-0.3, -0.25) is 5.41 Å². The monoisotopic (exact) mass is 468 g/mol. The minimum Gasteiger partial charge on any atom is -0.398 e. The summed E-state index contributed by atoms with van der Waals surface area (Å²) in [6.07, 6.45) is 1.47. The summed E-state index contributed by atoms with van der Waals surface area (Å²) < 4.78 is 5.33. The van der Waals surface area contributed by atoms with E-state index in [1.165, 1.54) is 6.21 Å². The molecule has 2 amide bonds. The number of anilines is 4. The summed E-state index contributed by atoms with van der Waals surface area (Å²) >= 11 is 0. The van der Waals surface area contributed by atoms with Crippen LogP contribution in [-0.2, 0) is 4.74 Å². The van der Waals surface area contributed by atoms with Crippen LogP contribution >= 0.6 is 0 Å². The number of nitrogen functional groups attached to an aromatic ring is 1. The fraction of sp³-hybridized carbons (Fsp3) is 0.154. The Morgan fingerprint density at radius 2 is 1.83 bits per heavy atom. The molecule has 176 valence electrons. The number of hydrogen-bond acceptors (Lipinski definition) is 6. The first-order valence-electron chi connectivity index (χ1n) is 11.3. The Labute approximate surface area is 202 Å². The fourth-order valence-corrected chi connectivity index (χ4v) is 3.94. The van der Waals surface area contributed by atoms with Crippen LogP contribution < -0.4 is 21.8 Å². The summed E-state index contributed by atoms with van der Waals surface area (Å²) in [7, 11) is 0. The Balaban J connectivity index is 1.47. The van der Waals surface area contributed by atoms with Crippen LogP contribution in [0.25, 0.3) is 22.3 Å². The molecule has 9 nitrogen and oxygen atoms in total. The van der Waals surface area contributed by atoms with Crippen molar-refractivity contribution in [1.82, 2.24) is 14.9 Å². The number of carbonyl (C=O) groups excluding carboxylic acids is 1. The first kappa shape index (κ1) is 22.3. The number of hydrogen-bond donors (Lipinski definition) is 4. The predicted molar refractivity (Wildman–Crippen MR) is 138 cm³/mol. The van der Waals surface area contributed by atoms with E-state index in [1.54, 1.807) is 11.0 Å². The van der Waals surface area contributed by atoms with Crippen molar-refractivity contribution < 1.29 is 14.9 Å². The second kappa shape index (κ2) is 9.78. The van der Waals surface area contributed by atoms with E-state index in [-0.39, 0.29) is 6.03 Å². The highest BCUT2D eigenvalue weighted by atomic mass is 16.5. The normalized spacial score (nSPS) is 13.4. The molecule has 1 aliphatic heterocycles. The van der Waals surface area contributed by atoms with Crippen LogP contribution in [0.5, 0.6) is 0 Å². The van der Waals surface area contributed by atoms with Crippen LogP contribution in [0.3, 0.4) is 0 Å². The van der Waals surface area contributed by atoms with Gasteiger partial charge in [0.05, 0.1) is 24.3 Å². The van der Waals surface area contributed by atoms with Gasteiger partial charge in [-0.15, -0.1) is 0 Å². The number of amides is 2. The quantitative estimate of drug-likeness (QED) is 0.263. The van der Waals surface area contributed by atoms with Crippen LogP contribution in [-0.4, -0.2) is 53.4 Å². The van der Waals surface area contributed by atoms with E-state index in [2.05, 4.69) is 10.6 Å². The number of benzene rings is 3. The van der Waals surface area contributed by atoms with E-state index < -0.39 is 0 Å². The predicted octanol–water partition coefficient (Wildman–Crippen LogP) is 2.66. The number of ether oxygens (including phenoxy) is 1. The second-order valence-electron chi connectivity index (χ2n) is 8.16. The Bertz CT molecular complexity index is 1400. The molecule has 1 fully saturated rings. The number of aromatic nitrogens is 2. The van der Waals surface area contributed by atoms with Gasteiger partial charge in [0.2, 0.25) is 0 Å². The van der Waals surface area contributed by atoms with Gasteiger partial charge in [-0.25, -0.2) is 14.8 Å². The molecule has 4 aromatic rings. The van der Waals surface area contributed by atoms with Gasteiger partial charge in [0, 0.05) is 41.1 Å². The average molecular weight is 469 g/mol. The number of nitrogens with zero attached hydrogens (tertiary/aromatic N) is 3. The SMILES string of the molecule is Nc1ccc(Nc2nc(-c3cccc(NC(=O)N4CCOCC4)c3)nc3ccccc23)cc1C=[NH2+]. The highest BCUT2D eigenvalue weighted by Gasteiger charge is 2.17. The number of urea groups is 1. The van der Waals surface area contributed by atoms with Crippen molar-refractivity contribution in [2.75, 3.05) is 42.7 Å². The molecule has 1 saturated heterocycles. The lowest BCUT2D eigenvalue weighted by atomic mass is 10.1. The number of nitrogens with two attached hydrogens (primary N) is 2. The molecule has 1 aromatic heterocycles. The van der Waals surface area contributed by atoms with Crippen molar-refractivity contribution in [2.45, 2.75) is 0 Å². The molecule has 0 unspecified atom stereocenters. The Kier molecular flexibility index (Phi) is 6.23. The molecular formula is C26H26N7O2+. The molecule has 3 aromatic carbocycles. The molecule has 35 heavy (non-hydrogen) atoms. The van der Waals surface area contributed by atoms with Gasteiger partial charge in [0.1, 0.15) is 5.82 Å². The van der Waals surface area contributed by atoms with Gasteiger partial charge in [-0.05, 0) is 42.5 Å². The molecule has 6 N–H and O–H groups in total. The maximum absolute atomic E-state index is 12.6. The van der Waals surface area contributed by atoms with Crippen molar-refractivity contribution in [3.8, 4) is 11.4 Å². The van der Waals surface area contributed by atoms with E-state index in [0.717, 1.165) is 27.7 Å². The maximum Gasteiger partial charge on any atom is 0.321 e.